The molecule has 1 aromatic heterocycles. The first-order valence-electron chi connectivity index (χ1n) is 8.54. The van der Waals surface area contributed by atoms with Crippen molar-refractivity contribution in [3.8, 4) is 5.75 Å². The number of carbonyl (C=O) groups is 2. The predicted octanol–water partition coefficient (Wildman–Crippen LogP) is 3.46. The van der Waals surface area contributed by atoms with Crippen molar-refractivity contribution in [1.82, 2.24) is 4.98 Å². The van der Waals surface area contributed by atoms with Crippen molar-refractivity contribution in [3.63, 3.8) is 0 Å². The number of primary amides is 1. The second kappa shape index (κ2) is 9.85. The molecule has 0 aliphatic heterocycles. The largest absolute Gasteiger partial charge is 0.485 e. The van der Waals surface area contributed by atoms with E-state index in [-0.39, 0.29) is 34.4 Å². The highest BCUT2D eigenvalue weighted by molar-refractivity contribution is 8.00. The second-order valence-corrected chi connectivity index (χ2v) is 7.64. The molecule has 3 N–H and O–H groups in total. The summed E-state index contributed by atoms with van der Waals surface area (Å²) in [4.78, 5) is 38.7. The molecule has 3 rings (SSSR count). The van der Waals surface area contributed by atoms with E-state index in [4.69, 9.17) is 10.5 Å². The molecule has 154 valence electrons. The lowest BCUT2D eigenvalue weighted by molar-refractivity contribution is -0.387. The summed E-state index contributed by atoms with van der Waals surface area (Å²) in [6, 6.07) is 10.9. The number of carbonyl (C=O) groups excluding carboxylic acids is 2. The average molecular weight is 444 g/mol. The van der Waals surface area contributed by atoms with Gasteiger partial charge in [0.15, 0.2) is 0 Å². The van der Waals surface area contributed by atoms with E-state index in [2.05, 4.69) is 10.3 Å². The minimum Gasteiger partial charge on any atom is -0.485 e. The van der Waals surface area contributed by atoms with Crippen LogP contribution >= 0.6 is 23.1 Å². The Balaban J connectivity index is 1.64. The number of amides is 2. The number of anilines is 1. The van der Waals surface area contributed by atoms with Crippen LogP contribution in [-0.2, 0) is 11.4 Å². The minimum absolute atomic E-state index is 0.0293. The Hall–Kier alpha value is -3.44. The number of nitrogens with two attached hydrogens (primary N) is 1. The summed E-state index contributed by atoms with van der Waals surface area (Å²) in [6.45, 7) is 0.267. The Morgan fingerprint density at radius 2 is 2.07 bits per heavy atom. The molecule has 3 aromatic rings. The van der Waals surface area contributed by atoms with E-state index >= 15 is 0 Å². The standard InChI is InChI=1S/C19H16N4O5S2/c20-19(25)12-5-6-17(15(7-12)23(26)27)30-10-18(24)22-14-3-1-2-4-16(14)28-8-13-9-29-11-21-13/h1-7,9,11H,8,10H2,(H2,20,25)(H,22,24). The lowest BCUT2D eigenvalue weighted by Gasteiger charge is -2.12. The predicted molar refractivity (Wildman–Crippen MR) is 114 cm³/mol. The molecule has 0 saturated carbocycles. The second-order valence-electron chi connectivity index (χ2n) is 5.91. The van der Waals surface area contributed by atoms with Crippen molar-refractivity contribution >= 4 is 46.3 Å². The van der Waals surface area contributed by atoms with Crippen LogP contribution in [-0.4, -0.2) is 27.5 Å². The van der Waals surface area contributed by atoms with E-state index in [9.17, 15) is 19.7 Å². The quantitative estimate of drug-likeness (QED) is 0.293. The van der Waals surface area contributed by atoms with Gasteiger partial charge in [0.2, 0.25) is 11.8 Å². The third kappa shape index (κ3) is 5.55. The molecule has 0 aliphatic rings. The third-order valence-electron chi connectivity index (χ3n) is 3.82. The molecular weight excluding hydrogens is 428 g/mol. The summed E-state index contributed by atoms with van der Waals surface area (Å²) in [6.07, 6.45) is 0. The van der Waals surface area contributed by atoms with Crippen molar-refractivity contribution in [2.24, 2.45) is 5.73 Å². The van der Waals surface area contributed by atoms with Crippen LogP contribution in [0.3, 0.4) is 0 Å². The molecule has 0 atom stereocenters. The lowest BCUT2D eigenvalue weighted by Crippen LogP contribution is -2.15. The van der Waals surface area contributed by atoms with Gasteiger partial charge in [0.25, 0.3) is 5.69 Å². The minimum atomic E-state index is -0.762. The van der Waals surface area contributed by atoms with Crippen LogP contribution in [0.2, 0.25) is 0 Å². The van der Waals surface area contributed by atoms with Gasteiger partial charge in [-0.05, 0) is 24.3 Å². The Labute approximate surface area is 179 Å². The lowest BCUT2D eigenvalue weighted by atomic mass is 10.2. The first-order chi connectivity index (χ1) is 14.4. The highest BCUT2D eigenvalue weighted by Gasteiger charge is 2.18. The summed E-state index contributed by atoms with van der Waals surface area (Å²) in [5, 5.41) is 15.9. The molecule has 0 fully saturated rings. The van der Waals surface area contributed by atoms with Gasteiger partial charge < -0.3 is 15.8 Å². The van der Waals surface area contributed by atoms with Crippen LogP contribution in [0.1, 0.15) is 16.1 Å². The van der Waals surface area contributed by atoms with Crippen LogP contribution in [0.15, 0.2) is 58.3 Å². The number of thiazole rings is 1. The number of hydrogen-bond donors (Lipinski definition) is 2. The van der Waals surface area contributed by atoms with Gasteiger partial charge in [-0.15, -0.1) is 23.1 Å². The maximum Gasteiger partial charge on any atom is 0.283 e. The van der Waals surface area contributed by atoms with Crippen LogP contribution in [0.4, 0.5) is 11.4 Å². The number of ether oxygens (including phenoxy) is 1. The highest BCUT2D eigenvalue weighted by Crippen LogP contribution is 2.31. The van der Waals surface area contributed by atoms with Crippen LogP contribution < -0.4 is 15.8 Å². The number of benzene rings is 2. The van der Waals surface area contributed by atoms with Gasteiger partial charge in [-0.1, -0.05) is 12.1 Å². The van der Waals surface area contributed by atoms with E-state index in [0.29, 0.717) is 11.4 Å². The Kier molecular flexibility index (Phi) is 6.99. The molecule has 2 aromatic carbocycles. The number of hydrogen-bond acceptors (Lipinski definition) is 8. The summed E-state index contributed by atoms with van der Waals surface area (Å²) < 4.78 is 5.72. The number of rotatable bonds is 9. The van der Waals surface area contributed by atoms with Gasteiger partial charge in [-0.3, -0.25) is 19.7 Å². The Morgan fingerprint density at radius 1 is 1.27 bits per heavy atom. The fourth-order valence-corrected chi connectivity index (χ4v) is 3.77. The van der Waals surface area contributed by atoms with Gasteiger partial charge in [-0.25, -0.2) is 4.98 Å². The van der Waals surface area contributed by atoms with Crippen LogP contribution in [0.25, 0.3) is 0 Å². The molecule has 0 spiro atoms. The number of nitrogens with one attached hydrogen (secondary N) is 1. The van der Waals surface area contributed by atoms with Gasteiger partial charge in [0.05, 0.1) is 32.5 Å². The Bertz CT molecular complexity index is 1070. The molecule has 11 heteroatoms. The fraction of sp³-hybridized carbons (Fsp3) is 0.105. The number of nitro benzene ring substituents is 1. The highest BCUT2D eigenvalue weighted by atomic mass is 32.2. The summed E-state index contributed by atoms with van der Waals surface area (Å²) in [7, 11) is 0. The topological polar surface area (TPSA) is 137 Å². The molecule has 0 bridgehead atoms. The number of thioether (sulfide) groups is 1. The zero-order chi connectivity index (χ0) is 21.5. The number of aromatic nitrogens is 1. The first-order valence-corrected chi connectivity index (χ1v) is 10.5. The van der Waals surface area contributed by atoms with E-state index in [1.54, 1.807) is 29.8 Å². The molecule has 30 heavy (non-hydrogen) atoms. The molecule has 1 heterocycles. The summed E-state index contributed by atoms with van der Waals surface area (Å²) in [5.41, 5.74) is 7.88. The van der Waals surface area contributed by atoms with Gasteiger partial charge in [0.1, 0.15) is 12.4 Å². The molecule has 0 saturated heterocycles. The molecule has 2 amide bonds. The van der Waals surface area contributed by atoms with Crippen LogP contribution in [0, 0.1) is 10.1 Å². The smallest absolute Gasteiger partial charge is 0.283 e. The van der Waals surface area contributed by atoms with E-state index in [0.717, 1.165) is 23.5 Å². The Morgan fingerprint density at radius 3 is 2.77 bits per heavy atom. The van der Waals surface area contributed by atoms with Crippen molar-refractivity contribution in [2.45, 2.75) is 11.5 Å². The number of nitro groups is 1. The van der Waals surface area contributed by atoms with Crippen LogP contribution in [0.5, 0.6) is 5.75 Å². The zero-order valence-electron chi connectivity index (χ0n) is 15.4. The molecule has 0 aliphatic carbocycles. The SMILES string of the molecule is NC(=O)c1ccc(SCC(=O)Nc2ccccc2OCc2cscn2)c([N+](=O)[O-])c1. The molecular formula is C19H16N4O5S2. The van der Waals surface area contributed by atoms with Gasteiger partial charge >= 0.3 is 0 Å². The van der Waals surface area contributed by atoms with Gasteiger partial charge in [0, 0.05) is 17.0 Å². The maximum absolute atomic E-state index is 12.4. The maximum atomic E-state index is 12.4. The van der Waals surface area contributed by atoms with Crippen molar-refractivity contribution in [3.05, 3.63) is 74.7 Å². The van der Waals surface area contributed by atoms with Gasteiger partial charge in [-0.2, -0.15) is 0 Å². The zero-order valence-corrected chi connectivity index (χ0v) is 17.1. The first kappa shape index (κ1) is 21.3. The molecule has 0 radical (unpaired) electrons. The monoisotopic (exact) mass is 444 g/mol. The number of nitrogens with zero attached hydrogens (tertiary/aromatic N) is 2. The fourth-order valence-electron chi connectivity index (χ4n) is 2.42. The average Bonchev–Trinajstić information content (AvgIpc) is 3.25. The normalized spacial score (nSPS) is 10.4. The molecule has 9 nitrogen and oxygen atoms in total. The summed E-state index contributed by atoms with van der Waals surface area (Å²) in [5.74, 6) is -0.711. The van der Waals surface area contributed by atoms with Crippen molar-refractivity contribution in [1.29, 1.82) is 0 Å². The molecule has 0 unspecified atom stereocenters. The number of para-hydroxylation sites is 2. The van der Waals surface area contributed by atoms with Crippen molar-refractivity contribution in [2.75, 3.05) is 11.1 Å². The van der Waals surface area contributed by atoms with Crippen molar-refractivity contribution < 1.29 is 19.2 Å². The van der Waals surface area contributed by atoms with E-state index in [1.165, 1.54) is 23.5 Å². The third-order valence-corrected chi connectivity index (χ3v) is 5.52. The van der Waals surface area contributed by atoms with E-state index in [1.807, 2.05) is 5.38 Å². The van der Waals surface area contributed by atoms with E-state index < -0.39 is 10.8 Å². The summed E-state index contributed by atoms with van der Waals surface area (Å²) >= 11 is 2.45.